The molecule has 0 unspecified atom stereocenters. The molecule has 140 valence electrons. The normalized spacial score (nSPS) is 11.2. The summed E-state index contributed by atoms with van der Waals surface area (Å²) in [6.45, 7) is 5.98. The quantitative estimate of drug-likeness (QED) is 0.625. The Morgan fingerprint density at radius 3 is 2.41 bits per heavy atom. The van der Waals surface area contributed by atoms with Gasteiger partial charge in [-0.2, -0.15) is 0 Å². The molecule has 0 atom stereocenters. The summed E-state index contributed by atoms with van der Waals surface area (Å²) in [4.78, 5) is 17.6. The number of aromatic nitrogens is 1. The minimum absolute atomic E-state index is 0.402. The van der Waals surface area contributed by atoms with Crippen LogP contribution in [0.5, 0.6) is 0 Å². The molecular weight excluding hydrogens is 338 g/mol. The van der Waals surface area contributed by atoms with Gasteiger partial charge >= 0.3 is 6.09 Å². The van der Waals surface area contributed by atoms with Gasteiger partial charge in [0.2, 0.25) is 0 Å². The molecule has 0 aliphatic carbocycles. The zero-order valence-corrected chi connectivity index (χ0v) is 15.9. The van der Waals surface area contributed by atoms with Crippen LogP contribution >= 0.6 is 0 Å². The first-order valence-corrected chi connectivity index (χ1v) is 8.91. The Bertz CT molecular complexity index is 911. The van der Waals surface area contributed by atoms with Crippen LogP contribution in [0.25, 0.3) is 11.1 Å². The molecule has 0 spiro atoms. The fourth-order valence-electron chi connectivity index (χ4n) is 2.78. The van der Waals surface area contributed by atoms with Crippen LogP contribution in [-0.4, -0.2) is 16.7 Å². The highest BCUT2D eigenvalue weighted by molar-refractivity contribution is 5.88. The number of para-hydroxylation sites is 1. The average molecular weight is 363 g/mol. The molecule has 27 heavy (non-hydrogen) atoms. The maximum absolute atomic E-state index is 12.8. The Morgan fingerprint density at radius 1 is 1.07 bits per heavy atom. The molecule has 5 heteroatoms. The van der Waals surface area contributed by atoms with Gasteiger partial charge in [-0.05, 0) is 38.5 Å². The van der Waals surface area contributed by atoms with E-state index >= 15 is 0 Å². The van der Waals surface area contributed by atoms with Crippen LogP contribution < -0.4 is 10.6 Å². The third kappa shape index (κ3) is 4.70. The van der Waals surface area contributed by atoms with Gasteiger partial charge in [0.15, 0.2) is 0 Å². The van der Waals surface area contributed by atoms with Crippen LogP contribution in [0.1, 0.15) is 26.3 Å². The van der Waals surface area contributed by atoms with Gasteiger partial charge in [-0.25, -0.2) is 4.79 Å². The summed E-state index contributed by atoms with van der Waals surface area (Å²) >= 11 is 0. The van der Waals surface area contributed by atoms with Crippen molar-refractivity contribution >= 4 is 17.6 Å². The van der Waals surface area contributed by atoms with Crippen LogP contribution in [0.15, 0.2) is 66.9 Å². The number of rotatable bonds is 4. The molecule has 0 aliphatic heterocycles. The van der Waals surface area contributed by atoms with Gasteiger partial charge in [-0.3, -0.25) is 4.90 Å². The molecule has 3 aromatic rings. The number of ether oxygens (including phenoxy) is 1. The summed E-state index contributed by atoms with van der Waals surface area (Å²) in [5.41, 5.74) is 9.05. The fraction of sp³-hybridized carbons (Fsp3) is 0.227. The van der Waals surface area contributed by atoms with Crippen molar-refractivity contribution in [2.45, 2.75) is 32.9 Å². The number of hydrogen-bond donors (Lipinski definition) is 2. The summed E-state index contributed by atoms with van der Waals surface area (Å²) in [6.07, 6.45) is 1.45. The van der Waals surface area contributed by atoms with E-state index in [1.807, 2.05) is 87.6 Å². The lowest BCUT2D eigenvalue weighted by Gasteiger charge is -2.26. The molecule has 3 rings (SSSR count). The van der Waals surface area contributed by atoms with E-state index in [9.17, 15) is 4.79 Å². The zero-order valence-electron chi connectivity index (χ0n) is 15.9. The molecule has 5 nitrogen and oxygen atoms in total. The van der Waals surface area contributed by atoms with Gasteiger partial charge in [0, 0.05) is 23.0 Å². The van der Waals surface area contributed by atoms with Crippen molar-refractivity contribution in [1.82, 2.24) is 4.98 Å². The predicted molar refractivity (Wildman–Crippen MR) is 110 cm³/mol. The van der Waals surface area contributed by atoms with Gasteiger partial charge in [0.1, 0.15) is 11.4 Å². The Hall–Kier alpha value is -3.21. The lowest BCUT2D eigenvalue weighted by molar-refractivity contribution is 0.0576. The minimum Gasteiger partial charge on any atom is -0.443 e. The molecule has 0 bridgehead atoms. The number of nitrogen functional groups attached to an aromatic ring is 1. The summed E-state index contributed by atoms with van der Waals surface area (Å²) < 4.78 is 5.61. The average Bonchev–Trinajstić information content (AvgIpc) is 3.09. The lowest BCUT2D eigenvalue weighted by Crippen LogP contribution is -2.36. The number of nitrogens with zero attached hydrogens (tertiary/aromatic N) is 1. The van der Waals surface area contributed by atoms with Crippen molar-refractivity contribution in [1.29, 1.82) is 0 Å². The maximum Gasteiger partial charge on any atom is 0.416 e. The highest BCUT2D eigenvalue weighted by atomic mass is 16.6. The molecule has 0 fully saturated rings. The van der Waals surface area contributed by atoms with Crippen LogP contribution in [0.4, 0.5) is 16.3 Å². The van der Waals surface area contributed by atoms with Crippen molar-refractivity contribution in [3.8, 4) is 11.1 Å². The second-order valence-corrected chi connectivity index (χ2v) is 7.41. The van der Waals surface area contributed by atoms with E-state index in [1.54, 1.807) is 4.90 Å². The second-order valence-electron chi connectivity index (χ2n) is 7.41. The number of amides is 1. The number of H-pyrrole nitrogens is 1. The third-order valence-electron chi connectivity index (χ3n) is 4.03. The number of nitrogens with two attached hydrogens (primary N) is 1. The molecule has 3 N–H and O–H groups in total. The van der Waals surface area contributed by atoms with E-state index in [2.05, 4.69) is 4.98 Å². The van der Waals surface area contributed by atoms with Gasteiger partial charge in [-0.15, -0.1) is 0 Å². The number of benzene rings is 2. The van der Waals surface area contributed by atoms with Crippen molar-refractivity contribution in [2.24, 2.45) is 0 Å². The first-order valence-electron chi connectivity index (χ1n) is 8.91. The smallest absolute Gasteiger partial charge is 0.416 e. The largest absolute Gasteiger partial charge is 0.443 e. The number of aromatic amines is 1. The molecule has 1 aromatic heterocycles. The monoisotopic (exact) mass is 363 g/mol. The maximum atomic E-state index is 12.8. The number of carbonyl (C=O) groups excluding carboxylic acids is 1. The summed E-state index contributed by atoms with van der Waals surface area (Å²) in [5.74, 6) is 0.659. The van der Waals surface area contributed by atoms with E-state index in [4.69, 9.17) is 10.5 Å². The van der Waals surface area contributed by atoms with E-state index in [0.29, 0.717) is 18.1 Å². The molecule has 1 amide bonds. The van der Waals surface area contributed by atoms with Gasteiger partial charge in [-0.1, -0.05) is 48.5 Å². The van der Waals surface area contributed by atoms with Crippen LogP contribution in [-0.2, 0) is 11.3 Å². The Labute approximate surface area is 159 Å². The van der Waals surface area contributed by atoms with Crippen molar-refractivity contribution in [3.05, 3.63) is 72.4 Å². The summed E-state index contributed by atoms with van der Waals surface area (Å²) in [7, 11) is 0. The second kappa shape index (κ2) is 7.58. The predicted octanol–water partition coefficient (Wildman–Crippen LogP) is 5.21. The van der Waals surface area contributed by atoms with E-state index in [0.717, 1.165) is 16.7 Å². The summed E-state index contributed by atoms with van der Waals surface area (Å²) in [5, 5.41) is 0. The Kier molecular flexibility index (Phi) is 5.21. The lowest BCUT2D eigenvalue weighted by atomic mass is 10.1. The molecule has 0 saturated carbocycles. The Morgan fingerprint density at radius 2 is 1.74 bits per heavy atom. The summed E-state index contributed by atoms with van der Waals surface area (Å²) in [6, 6.07) is 19.4. The van der Waals surface area contributed by atoms with Crippen LogP contribution in [0, 0.1) is 0 Å². The minimum atomic E-state index is -0.578. The number of carbonyl (C=O) groups is 1. The van der Waals surface area contributed by atoms with E-state index < -0.39 is 11.7 Å². The van der Waals surface area contributed by atoms with Crippen molar-refractivity contribution in [3.63, 3.8) is 0 Å². The van der Waals surface area contributed by atoms with Gasteiger partial charge in [0.25, 0.3) is 0 Å². The number of anilines is 2. The van der Waals surface area contributed by atoms with E-state index in [-0.39, 0.29) is 0 Å². The molecule has 0 saturated heterocycles. The molecule has 0 radical (unpaired) electrons. The van der Waals surface area contributed by atoms with Gasteiger partial charge in [0.05, 0.1) is 6.54 Å². The first kappa shape index (κ1) is 18.6. The molecular formula is C22H25N3O2. The zero-order chi connectivity index (χ0) is 19.4. The topological polar surface area (TPSA) is 71.3 Å². The van der Waals surface area contributed by atoms with Crippen LogP contribution in [0.2, 0.25) is 0 Å². The number of nitrogens with one attached hydrogen (secondary N) is 1. The SMILES string of the molecule is CC(C)(C)OC(=O)N(Cc1ccccc1)c1cc(-c2ccccc2N)c[nH]1. The molecule has 2 aromatic carbocycles. The van der Waals surface area contributed by atoms with Crippen molar-refractivity contribution < 1.29 is 9.53 Å². The molecule has 0 aliphatic rings. The fourth-order valence-corrected chi connectivity index (χ4v) is 2.78. The Balaban J connectivity index is 1.93. The first-order chi connectivity index (χ1) is 12.8. The van der Waals surface area contributed by atoms with E-state index in [1.165, 1.54) is 0 Å². The van der Waals surface area contributed by atoms with Crippen LogP contribution in [0.3, 0.4) is 0 Å². The van der Waals surface area contributed by atoms with Crippen molar-refractivity contribution in [2.75, 3.05) is 10.6 Å². The number of hydrogen-bond acceptors (Lipinski definition) is 3. The molecule has 1 heterocycles. The van der Waals surface area contributed by atoms with Gasteiger partial charge < -0.3 is 15.5 Å². The highest BCUT2D eigenvalue weighted by Gasteiger charge is 2.25. The third-order valence-corrected chi connectivity index (χ3v) is 4.03. The highest BCUT2D eigenvalue weighted by Crippen LogP contribution is 2.30. The standard InChI is InChI=1S/C22H25N3O2/c1-22(2,3)27-21(26)25(15-16-9-5-4-6-10-16)20-13-17(14-24-20)18-11-7-8-12-19(18)23/h4-14,24H,15,23H2,1-3H3.